The van der Waals surface area contributed by atoms with Gasteiger partial charge in [0.1, 0.15) is 5.82 Å². The molecule has 0 unspecified atom stereocenters. The molecule has 4 heteroatoms. The van der Waals surface area contributed by atoms with Gasteiger partial charge in [0.05, 0.1) is 17.6 Å². The van der Waals surface area contributed by atoms with Crippen LogP contribution in [0.2, 0.25) is 0 Å². The normalized spacial score (nSPS) is 11.5. The molecule has 0 aliphatic rings. The van der Waals surface area contributed by atoms with E-state index in [9.17, 15) is 0 Å². The Morgan fingerprint density at radius 2 is 1.87 bits per heavy atom. The molecule has 0 saturated heterocycles. The second kappa shape index (κ2) is 5.89. The Balaban J connectivity index is 1.51. The maximum Gasteiger partial charge on any atom is 0.121 e. The number of fused-ring (bicyclic) bond motifs is 2. The lowest BCUT2D eigenvalue weighted by molar-refractivity contribution is 0.669. The lowest BCUT2D eigenvalue weighted by Crippen LogP contribution is -2.13. The number of rotatable bonds is 5. The maximum atomic E-state index is 4.60. The number of para-hydroxylation sites is 3. The van der Waals surface area contributed by atoms with Gasteiger partial charge in [-0.15, -0.1) is 0 Å². The van der Waals surface area contributed by atoms with Crippen molar-refractivity contribution in [3.05, 3.63) is 66.1 Å². The molecule has 0 aliphatic heterocycles. The molecule has 4 rings (SSSR count). The first-order valence-electron chi connectivity index (χ1n) is 8.06. The zero-order valence-corrected chi connectivity index (χ0v) is 13.2. The van der Waals surface area contributed by atoms with Gasteiger partial charge < -0.3 is 14.9 Å². The number of aryl methyl sites for hydroxylation is 1. The van der Waals surface area contributed by atoms with Crippen LogP contribution in [0.5, 0.6) is 0 Å². The van der Waals surface area contributed by atoms with Crippen LogP contribution in [0.1, 0.15) is 18.3 Å². The molecule has 116 valence electrons. The van der Waals surface area contributed by atoms with Crippen LogP contribution >= 0.6 is 0 Å². The van der Waals surface area contributed by atoms with Crippen LogP contribution in [0.25, 0.3) is 21.9 Å². The highest BCUT2D eigenvalue weighted by Crippen LogP contribution is 2.21. The van der Waals surface area contributed by atoms with Crippen LogP contribution in [0.3, 0.4) is 0 Å². The monoisotopic (exact) mass is 304 g/mol. The molecule has 0 amide bonds. The molecule has 0 radical (unpaired) electrons. The first kappa shape index (κ1) is 14.0. The van der Waals surface area contributed by atoms with Gasteiger partial charge >= 0.3 is 0 Å². The summed E-state index contributed by atoms with van der Waals surface area (Å²) in [5.41, 5.74) is 4.74. The molecular weight excluding hydrogens is 284 g/mol. The molecule has 0 aliphatic carbocycles. The minimum atomic E-state index is 0.736. The van der Waals surface area contributed by atoms with E-state index in [0.29, 0.717) is 0 Å². The van der Waals surface area contributed by atoms with E-state index in [1.807, 2.05) is 18.2 Å². The Labute approximate surface area is 135 Å². The number of nitrogens with zero attached hydrogens (tertiary/aromatic N) is 2. The second-order valence-electron chi connectivity index (χ2n) is 5.76. The summed E-state index contributed by atoms with van der Waals surface area (Å²) in [5.74, 6) is 0.977. The molecule has 23 heavy (non-hydrogen) atoms. The number of aromatic amines is 1. The molecule has 0 saturated carbocycles. The summed E-state index contributed by atoms with van der Waals surface area (Å²) < 4.78 is 2.30. The fourth-order valence-electron chi connectivity index (χ4n) is 3.13. The predicted octanol–water partition coefficient (Wildman–Crippen LogP) is 3.83. The van der Waals surface area contributed by atoms with Gasteiger partial charge in [-0.2, -0.15) is 0 Å². The van der Waals surface area contributed by atoms with E-state index in [1.165, 1.54) is 16.5 Å². The number of aromatic nitrogens is 3. The summed E-state index contributed by atoms with van der Waals surface area (Å²) in [6.45, 7) is 4.74. The lowest BCUT2D eigenvalue weighted by atomic mass is 10.2. The smallest absolute Gasteiger partial charge is 0.121 e. The van der Waals surface area contributed by atoms with E-state index < -0.39 is 0 Å². The first-order valence-corrected chi connectivity index (χ1v) is 8.06. The predicted molar refractivity (Wildman–Crippen MR) is 94.2 cm³/mol. The van der Waals surface area contributed by atoms with Crippen LogP contribution in [-0.2, 0) is 19.6 Å². The summed E-state index contributed by atoms with van der Waals surface area (Å²) in [6, 6.07) is 16.7. The van der Waals surface area contributed by atoms with Crippen LogP contribution in [0.15, 0.2) is 54.7 Å². The number of hydrogen-bond donors (Lipinski definition) is 2. The van der Waals surface area contributed by atoms with Crippen molar-refractivity contribution >= 4 is 21.9 Å². The van der Waals surface area contributed by atoms with Crippen molar-refractivity contribution in [1.82, 2.24) is 19.9 Å². The van der Waals surface area contributed by atoms with Gasteiger partial charge in [-0.05, 0) is 30.7 Å². The quantitative estimate of drug-likeness (QED) is 0.588. The Morgan fingerprint density at radius 1 is 1.04 bits per heavy atom. The minimum absolute atomic E-state index is 0.736. The van der Waals surface area contributed by atoms with Crippen molar-refractivity contribution in [1.29, 1.82) is 0 Å². The van der Waals surface area contributed by atoms with Crippen molar-refractivity contribution in [3.8, 4) is 0 Å². The molecule has 0 atom stereocenters. The van der Waals surface area contributed by atoms with Crippen molar-refractivity contribution in [2.24, 2.45) is 0 Å². The fourth-order valence-corrected chi connectivity index (χ4v) is 3.13. The number of H-pyrrole nitrogens is 1. The third kappa shape index (κ3) is 2.62. The van der Waals surface area contributed by atoms with E-state index in [0.717, 1.165) is 36.5 Å². The SMILES string of the molecule is CCn1cc(CNCc2nc3ccccc3[nH]2)c2ccccc21. The van der Waals surface area contributed by atoms with Gasteiger partial charge in [0.25, 0.3) is 0 Å². The number of imidazole rings is 1. The van der Waals surface area contributed by atoms with Crippen molar-refractivity contribution in [2.75, 3.05) is 0 Å². The van der Waals surface area contributed by atoms with E-state index in [4.69, 9.17) is 0 Å². The Kier molecular flexibility index (Phi) is 3.60. The van der Waals surface area contributed by atoms with Crippen molar-refractivity contribution in [2.45, 2.75) is 26.6 Å². The molecule has 2 N–H and O–H groups in total. The summed E-state index contributed by atoms with van der Waals surface area (Å²) in [6.07, 6.45) is 2.25. The van der Waals surface area contributed by atoms with Crippen LogP contribution < -0.4 is 5.32 Å². The van der Waals surface area contributed by atoms with Gasteiger partial charge in [0.2, 0.25) is 0 Å². The van der Waals surface area contributed by atoms with Gasteiger partial charge in [0.15, 0.2) is 0 Å². The van der Waals surface area contributed by atoms with Gasteiger partial charge in [-0.1, -0.05) is 30.3 Å². The molecular formula is C19H20N4. The zero-order valence-electron chi connectivity index (χ0n) is 13.2. The molecule has 0 bridgehead atoms. The summed E-state index contributed by atoms with van der Waals surface area (Å²) in [4.78, 5) is 7.96. The highest BCUT2D eigenvalue weighted by atomic mass is 15.0. The van der Waals surface area contributed by atoms with Gasteiger partial charge in [0, 0.05) is 30.2 Å². The minimum Gasteiger partial charge on any atom is -0.347 e. The van der Waals surface area contributed by atoms with E-state index in [-0.39, 0.29) is 0 Å². The summed E-state index contributed by atoms with van der Waals surface area (Å²) >= 11 is 0. The molecule has 0 spiro atoms. The van der Waals surface area contributed by atoms with Gasteiger partial charge in [-0.25, -0.2) is 4.98 Å². The zero-order chi connectivity index (χ0) is 15.6. The molecule has 4 nitrogen and oxygen atoms in total. The van der Waals surface area contributed by atoms with Gasteiger partial charge in [-0.3, -0.25) is 0 Å². The molecule has 4 aromatic rings. The Bertz CT molecular complexity index is 915. The molecule has 2 heterocycles. The average molecular weight is 304 g/mol. The highest BCUT2D eigenvalue weighted by Gasteiger charge is 2.07. The van der Waals surface area contributed by atoms with Crippen molar-refractivity contribution in [3.63, 3.8) is 0 Å². The molecule has 2 aromatic carbocycles. The number of benzene rings is 2. The number of hydrogen-bond acceptors (Lipinski definition) is 2. The van der Waals surface area contributed by atoms with Crippen LogP contribution in [0.4, 0.5) is 0 Å². The number of nitrogens with one attached hydrogen (secondary N) is 2. The highest BCUT2D eigenvalue weighted by molar-refractivity contribution is 5.84. The standard InChI is InChI=1S/C19H20N4/c1-2-23-13-14(15-7-3-6-10-18(15)23)11-20-12-19-21-16-8-4-5-9-17(16)22-19/h3-10,13,20H,2,11-12H2,1H3,(H,21,22). The van der Waals surface area contributed by atoms with Crippen LogP contribution in [0, 0.1) is 0 Å². The van der Waals surface area contributed by atoms with E-state index in [2.05, 4.69) is 63.3 Å². The summed E-state index contributed by atoms with van der Waals surface area (Å²) in [7, 11) is 0. The Morgan fingerprint density at radius 3 is 2.74 bits per heavy atom. The van der Waals surface area contributed by atoms with Crippen LogP contribution in [-0.4, -0.2) is 14.5 Å². The van der Waals surface area contributed by atoms with E-state index in [1.54, 1.807) is 0 Å². The Hall–Kier alpha value is -2.59. The first-order chi connectivity index (χ1) is 11.3. The van der Waals surface area contributed by atoms with Crippen molar-refractivity contribution < 1.29 is 0 Å². The maximum absolute atomic E-state index is 4.60. The van der Waals surface area contributed by atoms with E-state index >= 15 is 0 Å². The summed E-state index contributed by atoms with van der Waals surface area (Å²) in [5, 5.41) is 4.83. The lowest BCUT2D eigenvalue weighted by Gasteiger charge is -2.01. The average Bonchev–Trinajstić information content (AvgIpc) is 3.16. The third-order valence-electron chi connectivity index (χ3n) is 4.26. The second-order valence-corrected chi connectivity index (χ2v) is 5.76. The third-order valence-corrected chi connectivity index (χ3v) is 4.26. The topological polar surface area (TPSA) is 45.6 Å². The molecule has 0 fully saturated rings. The largest absolute Gasteiger partial charge is 0.347 e. The molecule has 2 aromatic heterocycles. The fraction of sp³-hybridized carbons (Fsp3) is 0.211.